The van der Waals surface area contributed by atoms with Gasteiger partial charge in [-0.15, -0.1) is 0 Å². The number of aromatic nitrogens is 3. The number of nitrogens with zero attached hydrogens (tertiary/aromatic N) is 4. The average Bonchev–Trinajstić information content (AvgIpc) is 3.05. The van der Waals surface area contributed by atoms with Gasteiger partial charge >= 0.3 is 0 Å². The molecule has 6 heteroatoms. The third-order valence-electron chi connectivity index (χ3n) is 4.74. The molecule has 1 saturated heterocycles. The first kappa shape index (κ1) is 17.1. The van der Waals surface area contributed by atoms with Crippen molar-refractivity contribution in [2.45, 2.75) is 52.0 Å². The fourth-order valence-corrected chi connectivity index (χ4v) is 3.53. The zero-order valence-corrected chi connectivity index (χ0v) is 15.3. The van der Waals surface area contributed by atoms with Crippen molar-refractivity contribution in [2.24, 2.45) is 0 Å². The van der Waals surface area contributed by atoms with E-state index in [4.69, 9.17) is 0 Å². The van der Waals surface area contributed by atoms with Gasteiger partial charge in [0.25, 0.3) is 5.92 Å². The van der Waals surface area contributed by atoms with Crippen LogP contribution in [0, 0.1) is 13.8 Å². The summed E-state index contributed by atoms with van der Waals surface area (Å²) in [5.41, 5.74) is 2.67. The van der Waals surface area contributed by atoms with Gasteiger partial charge in [0.05, 0.1) is 6.54 Å². The van der Waals surface area contributed by atoms with Crippen LogP contribution in [0.4, 0.5) is 8.78 Å². The van der Waals surface area contributed by atoms with Gasteiger partial charge in [-0.05, 0) is 33.0 Å². The Morgan fingerprint density at radius 3 is 2.21 bits per heavy atom. The first-order valence-electron chi connectivity index (χ1n) is 8.32. The monoisotopic (exact) mass is 336 g/mol. The molecule has 24 heavy (non-hydrogen) atoms. The van der Waals surface area contributed by atoms with E-state index in [9.17, 15) is 8.78 Å². The summed E-state index contributed by atoms with van der Waals surface area (Å²) >= 11 is 0. The number of likely N-dealkylation sites (N-methyl/N-ethyl adjacent to an activating group) is 1. The van der Waals surface area contributed by atoms with Crippen molar-refractivity contribution < 1.29 is 8.78 Å². The summed E-state index contributed by atoms with van der Waals surface area (Å²) in [6.07, 6.45) is 0. The quantitative estimate of drug-likeness (QED) is 0.835. The van der Waals surface area contributed by atoms with Crippen molar-refractivity contribution in [3.63, 3.8) is 0 Å². The first-order valence-corrected chi connectivity index (χ1v) is 8.32. The molecule has 0 amide bonds. The topological polar surface area (TPSA) is 26.0 Å². The van der Waals surface area contributed by atoms with Gasteiger partial charge in [-0.1, -0.05) is 20.8 Å². The summed E-state index contributed by atoms with van der Waals surface area (Å²) in [6.45, 7) is 10.2. The molecule has 1 atom stereocenters. The lowest BCUT2D eigenvalue weighted by atomic mass is 9.91. The van der Waals surface area contributed by atoms with Crippen molar-refractivity contribution in [3.05, 3.63) is 35.3 Å². The van der Waals surface area contributed by atoms with E-state index in [1.807, 2.05) is 57.4 Å². The van der Waals surface area contributed by atoms with E-state index < -0.39 is 12.0 Å². The van der Waals surface area contributed by atoms with Crippen molar-refractivity contribution >= 4 is 0 Å². The molecule has 2 aromatic heterocycles. The van der Waals surface area contributed by atoms with Gasteiger partial charge in [0.2, 0.25) is 0 Å². The Morgan fingerprint density at radius 2 is 1.75 bits per heavy atom. The fourth-order valence-electron chi connectivity index (χ4n) is 3.53. The molecule has 0 aliphatic carbocycles. The average molecular weight is 336 g/mol. The van der Waals surface area contributed by atoms with E-state index in [1.54, 1.807) is 16.6 Å². The lowest BCUT2D eigenvalue weighted by Gasteiger charge is -2.26. The Hall–Kier alpha value is -1.69. The molecule has 0 bridgehead atoms. The standard InChI is InChI=1S/C18H26F2N4/c1-12-7-8-13(2)23(12)16-9-14(17(3,4)5)24(21-16)15-10-22(6)11-18(15,19)20/h7-9,15H,10-11H2,1-6H3. The minimum atomic E-state index is -2.78. The molecule has 1 aliphatic heterocycles. The van der Waals surface area contributed by atoms with Crippen LogP contribution < -0.4 is 0 Å². The zero-order valence-electron chi connectivity index (χ0n) is 15.3. The molecule has 3 heterocycles. The molecule has 0 aromatic carbocycles. The van der Waals surface area contributed by atoms with E-state index in [0.29, 0.717) is 12.4 Å². The fraction of sp³-hybridized carbons (Fsp3) is 0.611. The Balaban J connectivity index is 2.16. The SMILES string of the molecule is Cc1ccc(C)n1-c1cc(C(C)(C)C)n(C2CN(C)CC2(F)F)n1. The molecule has 132 valence electrons. The normalized spacial score (nSPS) is 21.6. The van der Waals surface area contributed by atoms with Crippen LogP contribution in [0.15, 0.2) is 18.2 Å². The van der Waals surface area contributed by atoms with Gasteiger partial charge in [0, 0.05) is 35.1 Å². The lowest BCUT2D eigenvalue weighted by molar-refractivity contribution is -0.0253. The highest BCUT2D eigenvalue weighted by Gasteiger charge is 2.49. The van der Waals surface area contributed by atoms with Crippen LogP contribution in [0.3, 0.4) is 0 Å². The zero-order chi connectivity index (χ0) is 17.9. The Bertz CT molecular complexity index is 732. The van der Waals surface area contributed by atoms with Crippen LogP contribution in [0.5, 0.6) is 0 Å². The smallest absolute Gasteiger partial charge is 0.283 e. The van der Waals surface area contributed by atoms with Crippen LogP contribution in [0.1, 0.15) is 43.9 Å². The number of rotatable bonds is 2. The molecule has 1 aliphatic rings. The van der Waals surface area contributed by atoms with E-state index in [2.05, 4.69) is 5.10 Å². The largest absolute Gasteiger partial charge is 0.302 e. The van der Waals surface area contributed by atoms with Crippen molar-refractivity contribution in [3.8, 4) is 5.82 Å². The predicted molar refractivity (Wildman–Crippen MR) is 91.2 cm³/mol. The van der Waals surface area contributed by atoms with Crippen LogP contribution in [0.25, 0.3) is 5.82 Å². The van der Waals surface area contributed by atoms with Gasteiger partial charge in [0.15, 0.2) is 5.82 Å². The number of alkyl halides is 2. The van der Waals surface area contributed by atoms with E-state index in [0.717, 1.165) is 17.1 Å². The summed E-state index contributed by atoms with van der Waals surface area (Å²) in [6, 6.07) is 5.06. The molecular formula is C18H26F2N4. The third-order valence-corrected chi connectivity index (χ3v) is 4.74. The Kier molecular flexibility index (Phi) is 3.86. The highest BCUT2D eigenvalue weighted by Crippen LogP contribution is 2.39. The predicted octanol–water partition coefficient (Wildman–Crippen LogP) is 3.71. The van der Waals surface area contributed by atoms with E-state index >= 15 is 0 Å². The van der Waals surface area contributed by atoms with Crippen LogP contribution in [0.2, 0.25) is 0 Å². The maximum atomic E-state index is 14.5. The van der Waals surface area contributed by atoms with Crippen LogP contribution in [-0.4, -0.2) is 45.3 Å². The second kappa shape index (κ2) is 5.41. The summed E-state index contributed by atoms with van der Waals surface area (Å²) in [4.78, 5) is 1.67. The maximum Gasteiger partial charge on any atom is 0.283 e. The Labute approximate surface area is 142 Å². The number of hydrogen-bond acceptors (Lipinski definition) is 2. The second-order valence-corrected chi connectivity index (χ2v) is 8.01. The third kappa shape index (κ3) is 2.77. The molecular weight excluding hydrogens is 310 g/mol. The molecule has 4 nitrogen and oxygen atoms in total. The molecule has 0 radical (unpaired) electrons. The van der Waals surface area contributed by atoms with Gasteiger partial charge in [-0.2, -0.15) is 5.10 Å². The molecule has 3 rings (SSSR count). The van der Waals surface area contributed by atoms with Gasteiger partial charge < -0.3 is 4.57 Å². The number of likely N-dealkylation sites (tertiary alicyclic amines) is 1. The highest BCUT2D eigenvalue weighted by atomic mass is 19.3. The summed E-state index contributed by atoms with van der Waals surface area (Å²) in [7, 11) is 1.73. The summed E-state index contributed by atoms with van der Waals surface area (Å²) < 4.78 is 32.6. The molecule has 2 aromatic rings. The van der Waals surface area contributed by atoms with E-state index in [1.165, 1.54) is 0 Å². The number of hydrogen-bond donors (Lipinski definition) is 0. The molecule has 1 unspecified atom stereocenters. The van der Waals surface area contributed by atoms with Crippen molar-refractivity contribution in [2.75, 3.05) is 20.1 Å². The maximum absolute atomic E-state index is 14.5. The van der Waals surface area contributed by atoms with Crippen LogP contribution in [-0.2, 0) is 5.41 Å². The molecule has 0 N–H and O–H groups in total. The van der Waals surface area contributed by atoms with Gasteiger partial charge in [-0.25, -0.2) is 8.78 Å². The minimum absolute atomic E-state index is 0.224. The van der Waals surface area contributed by atoms with E-state index in [-0.39, 0.29) is 12.0 Å². The highest BCUT2D eigenvalue weighted by molar-refractivity contribution is 5.35. The van der Waals surface area contributed by atoms with Crippen molar-refractivity contribution in [1.82, 2.24) is 19.2 Å². The molecule has 0 spiro atoms. The second-order valence-electron chi connectivity index (χ2n) is 8.01. The Morgan fingerprint density at radius 1 is 1.17 bits per heavy atom. The molecule has 1 fully saturated rings. The first-order chi connectivity index (χ1) is 11.0. The van der Waals surface area contributed by atoms with Gasteiger partial charge in [0.1, 0.15) is 6.04 Å². The number of halogens is 2. The van der Waals surface area contributed by atoms with Gasteiger partial charge in [-0.3, -0.25) is 9.58 Å². The lowest BCUT2D eigenvalue weighted by Crippen LogP contribution is -2.33. The summed E-state index contributed by atoms with van der Waals surface area (Å²) in [5.74, 6) is -2.07. The van der Waals surface area contributed by atoms with Crippen molar-refractivity contribution in [1.29, 1.82) is 0 Å². The molecule has 0 saturated carbocycles. The minimum Gasteiger partial charge on any atom is -0.302 e. The summed E-state index contributed by atoms with van der Waals surface area (Å²) in [5, 5.41) is 4.63. The van der Waals surface area contributed by atoms with Crippen LogP contribution >= 0.6 is 0 Å². The number of aryl methyl sites for hydroxylation is 2.